The number of benzene rings is 3. The first kappa shape index (κ1) is 22.6. The second kappa shape index (κ2) is 9.09. The number of carbonyl (C=O) groups excluding carboxylic acids is 1. The van der Waals surface area contributed by atoms with Crippen molar-refractivity contribution in [2.45, 2.75) is 19.3 Å². The van der Waals surface area contributed by atoms with Gasteiger partial charge in [0.25, 0.3) is 0 Å². The fourth-order valence-corrected chi connectivity index (χ4v) is 4.39. The summed E-state index contributed by atoms with van der Waals surface area (Å²) in [7, 11) is -0.296. The van der Waals surface area contributed by atoms with Crippen molar-refractivity contribution in [3.63, 3.8) is 0 Å². The lowest BCUT2D eigenvalue weighted by atomic mass is 9.75. The smallest absolute Gasteiger partial charge is 0.481 e. The summed E-state index contributed by atoms with van der Waals surface area (Å²) < 4.78 is 5.65. The molecule has 1 aliphatic rings. The standard InChI is InChI=1S/C25H24BNO6/c1-15-16(12-24(28)29)11-17(13-23(15)26(31)32)27(2)25(30)33-14-22-20-9-5-3-7-18(20)19-8-4-6-10-21(19)22/h3-11,13,22,31-32H,12,14H2,1-2H3,(H,28,29). The maximum atomic E-state index is 12.9. The van der Waals surface area contributed by atoms with Crippen molar-refractivity contribution >= 4 is 30.3 Å². The van der Waals surface area contributed by atoms with Gasteiger partial charge in [-0.15, -0.1) is 0 Å². The van der Waals surface area contributed by atoms with Gasteiger partial charge in [-0.25, -0.2) is 4.79 Å². The molecule has 33 heavy (non-hydrogen) atoms. The first-order chi connectivity index (χ1) is 15.8. The minimum absolute atomic E-state index is 0.0924. The molecule has 0 aliphatic heterocycles. The summed E-state index contributed by atoms with van der Waals surface area (Å²) in [6, 6.07) is 19.1. The number of anilines is 1. The molecule has 7 nitrogen and oxygen atoms in total. The van der Waals surface area contributed by atoms with Gasteiger partial charge in [0, 0.05) is 18.7 Å². The van der Waals surface area contributed by atoms with E-state index in [9.17, 15) is 24.7 Å². The molecule has 0 spiro atoms. The molecule has 3 aromatic rings. The SMILES string of the molecule is Cc1c(CC(=O)O)cc(N(C)C(=O)OCC2c3ccccc3-c3ccccc32)cc1B(O)O. The third-order valence-electron chi connectivity index (χ3n) is 6.16. The highest BCUT2D eigenvalue weighted by atomic mass is 16.6. The van der Waals surface area contributed by atoms with Gasteiger partial charge in [0.1, 0.15) is 6.61 Å². The lowest BCUT2D eigenvalue weighted by Gasteiger charge is -2.22. The van der Waals surface area contributed by atoms with E-state index in [1.54, 1.807) is 13.0 Å². The molecule has 0 bridgehead atoms. The zero-order valence-electron chi connectivity index (χ0n) is 18.4. The maximum absolute atomic E-state index is 12.9. The Labute approximate surface area is 192 Å². The summed E-state index contributed by atoms with van der Waals surface area (Å²) in [5.74, 6) is -1.15. The van der Waals surface area contributed by atoms with E-state index in [1.165, 1.54) is 18.0 Å². The molecule has 0 radical (unpaired) electrons. The van der Waals surface area contributed by atoms with Crippen molar-refractivity contribution in [3.05, 3.63) is 82.9 Å². The number of amides is 1. The predicted molar refractivity (Wildman–Crippen MR) is 126 cm³/mol. The largest absolute Gasteiger partial charge is 0.488 e. The molecule has 3 N–H and O–H groups in total. The third kappa shape index (κ3) is 4.35. The Morgan fingerprint density at radius 3 is 2.12 bits per heavy atom. The molecule has 0 saturated heterocycles. The Morgan fingerprint density at radius 2 is 1.58 bits per heavy atom. The molecule has 0 atom stereocenters. The number of carbonyl (C=O) groups is 2. The van der Waals surface area contributed by atoms with Crippen molar-refractivity contribution < 1.29 is 29.5 Å². The van der Waals surface area contributed by atoms with Gasteiger partial charge in [0.2, 0.25) is 0 Å². The second-order valence-corrected chi connectivity index (χ2v) is 8.13. The van der Waals surface area contributed by atoms with Crippen LogP contribution in [0.5, 0.6) is 0 Å². The minimum atomic E-state index is -1.80. The van der Waals surface area contributed by atoms with E-state index in [4.69, 9.17) is 4.74 Å². The molecule has 168 valence electrons. The number of carboxylic acids is 1. The molecule has 0 aromatic heterocycles. The van der Waals surface area contributed by atoms with Crippen LogP contribution in [-0.4, -0.2) is 48.0 Å². The summed E-state index contributed by atoms with van der Waals surface area (Å²) in [5.41, 5.74) is 5.75. The molecule has 8 heteroatoms. The van der Waals surface area contributed by atoms with Crippen LogP contribution < -0.4 is 10.4 Å². The van der Waals surface area contributed by atoms with Gasteiger partial charge in [-0.2, -0.15) is 0 Å². The van der Waals surface area contributed by atoms with Gasteiger partial charge in [-0.1, -0.05) is 48.5 Å². The molecule has 1 aliphatic carbocycles. The van der Waals surface area contributed by atoms with Crippen LogP contribution >= 0.6 is 0 Å². The number of hydrogen-bond acceptors (Lipinski definition) is 5. The zero-order valence-corrected chi connectivity index (χ0v) is 18.4. The number of hydrogen-bond donors (Lipinski definition) is 3. The molecule has 0 fully saturated rings. The highest BCUT2D eigenvalue weighted by Gasteiger charge is 2.30. The molecular weight excluding hydrogens is 421 g/mol. The topological polar surface area (TPSA) is 107 Å². The highest BCUT2D eigenvalue weighted by Crippen LogP contribution is 2.44. The molecule has 0 heterocycles. The average Bonchev–Trinajstić information content (AvgIpc) is 3.11. The number of ether oxygens (including phenoxy) is 1. The van der Waals surface area contributed by atoms with Crippen molar-refractivity contribution in [1.29, 1.82) is 0 Å². The van der Waals surface area contributed by atoms with E-state index in [0.717, 1.165) is 22.3 Å². The first-order valence-corrected chi connectivity index (χ1v) is 10.6. The van der Waals surface area contributed by atoms with Crippen LogP contribution in [-0.2, 0) is 16.0 Å². The monoisotopic (exact) mass is 445 g/mol. The highest BCUT2D eigenvalue weighted by molar-refractivity contribution is 6.59. The number of nitrogens with zero attached hydrogens (tertiary/aromatic N) is 1. The maximum Gasteiger partial charge on any atom is 0.488 e. The normalized spacial score (nSPS) is 12.1. The molecular formula is C25H24BNO6. The van der Waals surface area contributed by atoms with Crippen molar-refractivity contribution in [3.8, 4) is 11.1 Å². The molecule has 3 aromatic carbocycles. The lowest BCUT2D eigenvalue weighted by molar-refractivity contribution is -0.136. The Bertz CT molecular complexity index is 1180. The number of rotatable bonds is 6. The lowest BCUT2D eigenvalue weighted by Crippen LogP contribution is -2.35. The Hall–Kier alpha value is -3.62. The number of fused-ring (bicyclic) bond motifs is 3. The summed E-state index contributed by atoms with van der Waals surface area (Å²) in [4.78, 5) is 25.4. The van der Waals surface area contributed by atoms with Gasteiger partial charge >= 0.3 is 19.2 Å². The first-order valence-electron chi connectivity index (χ1n) is 10.6. The Kier molecular flexibility index (Phi) is 6.22. The van der Waals surface area contributed by atoms with Crippen LogP contribution in [0.2, 0.25) is 0 Å². The van der Waals surface area contributed by atoms with Gasteiger partial charge in [0.15, 0.2) is 0 Å². The van der Waals surface area contributed by atoms with Crippen LogP contribution in [0.3, 0.4) is 0 Å². The van der Waals surface area contributed by atoms with Crippen LogP contribution in [0.4, 0.5) is 10.5 Å². The Balaban J connectivity index is 1.56. The van der Waals surface area contributed by atoms with Crippen LogP contribution in [0.15, 0.2) is 60.7 Å². The van der Waals surface area contributed by atoms with Crippen molar-refractivity contribution in [2.75, 3.05) is 18.6 Å². The van der Waals surface area contributed by atoms with Gasteiger partial charge < -0.3 is 19.9 Å². The summed E-state index contributed by atoms with van der Waals surface area (Å²) in [5, 5.41) is 28.6. The summed E-state index contributed by atoms with van der Waals surface area (Å²) in [6.45, 7) is 1.75. The van der Waals surface area contributed by atoms with Crippen LogP contribution in [0.25, 0.3) is 11.1 Å². The Morgan fingerprint density at radius 1 is 1.00 bits per heavy atom. The van der Waals surface area contributed by atoms with Crippen molar-refractivity contribution in [1.82, 2.24) is 0 Å². The van der Waals surface area contributed by atoms with Crippen molar-refractivity contribution in [2.24, 2.45) is 0 Å². The van der Waals surface area contributed by atoms with E-state index in [1.807, 2.05) is 36.4 Å². The number of carboxylic acid groups (broad SMARTS) is 1. The fourth-order valence-electron chi connectivity index (χ4n) is 4.39. The molecule has 4 rings (SSSR count). The van der Waals surface area contributed by atoms with Crippen LogP contribution in [0, 0.1) is 6.92 Å². The summed E-state index contributed by atoms with van der Waals surface area (Å²) >= 11 is 0. The van der Waals surface area contributed by atoms with E-state index >= 15 is 0 Å². The van der Waals surface area contributed by atoms with Gasteiger partial charge in [0.05, 0.1) is 6.42 Å². The predicted octanol–water partition coefficient (Wildman–Crippen LogP) is 2.69. The van der Waals surface area contributed by atoms with E-state index in [0.29, 0.717) is 16.8 Å². The van der Waals surface area contributed by atoms with Gasteiger partial charge in [-0.3, -0.25) is 9.69 Å². The van der Waals surface area contributed by atoms with E-state index in [2.05, 4.69) is 12.1 Å². The average molecular weight is 445 g/mol. The van der Waals surface area contributed by atoms with E-state index in [-0.39, 0.29) is 24.4 Å². The second-order valence-electron chi connectivity index (χ2n) is 8.13. The number of aliphatic carboxylic acids is 1. The molecule has 1 amide bonds. The molecule has 0 unspecified atom stereocenters. The zero-order chi connectivity index (χ0) is 23.7. The quantitative estimate of drug-likeness (QED) is 0.504. The molecule has 0 saturated carbocycles. The van der Waals surface area contributed by atoms with E-state index < -0.39 is 19.2 Å². The summed E-state index contributed by atoms with van der Waals surface area (Å²) in [6.07, 6.45) is -0.932. The van der Waals surface area contributed by atoms with Crippen LogP contribution in [0.1, 0.15) is 28.2 Å². The minimum Gasteiger partial charge on any atom is -0.481 e. The van der Waals surface area contributed by atoms with Gasteiger partial charge in [-0.05, 0) is 57.9 Å². The fraction of sp³-hybridized carbons (Fsp3) is 0.200. The third-order valence-corrected chi connectivity index (χ3v) is 6.16.